The molecule has 2 unspecified atom stereocenters. The Labute approximate surface area is 99.4 Å². The van der Waals surface area contributed by atoms with E-state index >= 15 is 0 Å². The SMILES string of the molecule is CCC(CC)C(=O)C1CC2CCC(C1)N2C. The van der Waals surface area contributed by atoms with Crippen molar-refractivity contribution in [1.29, 1.82) is 0 Å². The van der Waals surface area contributed by atoms with Gasteiger partial charge in [0.2, 0.25) is 0 Å². The largest absolute Gasteiger partial charge is 0.300 e. The molecule has 2 heteroatoms. The number of hydrogen-bond acceptors (Lipinski definition) is 2. The monoisotopic (exact) mass is 223 g/mol. The summed E-state index contributed by atoms with van der Waals surface area (Å²) in [6.07, 6.45) is 6.93. The van der Waals surface area contributed by atoms with Crippen LogP contribution in [0.3, 0.4) is 0 Å². The molecule has 0 amide bonds. The van der Waals surface area contributed by atoms with Crippen LogP contribution in [-0.4, -0.2) is 29.8 Å². The molecule has 2 fully saturated rings. The molecule has 0 N–H and O–H groups in total. The molecular weight excluding hydrogens is 198 g/mol. The maximum Gasteiger partial charge on any atom is 0.139 e. The van der Waals surface area contributed by atoms with Gasteiger partial charge in [-0.15, -0.1) is 0 Å². The minimum Gasteiger partial charge on any atom is -0.300 e. The van der Waals surface area contributed by atoms with E-state index in [-0.39, 0.29) is 0 Å². The van der Waals surface area contributed by atoms with Crippen molar-refractivity contribution in [2.45, 2.75) is 64.5 Å². The number of hydrogen-bond donors (Lipinski definition) is 0. The average Bonchev–Trinajstić information content (AvgIpc) is 2.54. The lowest BCUT2D eigenvalue weighted by Gasteiger charge is -2.36. The second-order valence-corrected chi connectivity index (χ2v) is 5.63. The van der Waals surface area contributed by atoms with Gasteiger partial charge in [-0.2, -0.15) is 0 Å². The molecule has 16 heavy (non-hydrogen) atoms. The number of piperidine rings is 1. The summed E-state index contributed by atoms with van der Waals surface area (Å²) in [5.41, 5.74) is 0. The summed E-state index contributed by atoms with van der Waals surface area (Å²) in [7, 11) is 2.24. The van der Waals surface area contributed by atoms with Gasteiger partial charge in [0.15, 0.2) is 0 Å². The molecule has 2 atom stereocenters. The summed E-state index contributed by atoms with van der Waals surface area (Å²) < 4.78 is 0. The first-order chi connectivity index (χ1) is 7.67. The highest BCUT2D eigenvalue weighted by Crippen LogP contribution is 2.39. The first-order valence-corrected chi connectivity index (χ1v) is 6.93. The van der Waals surface area contributed by atoms with Crippen molar-refractivity contribution in [3.63, 3.8) is 0 Å². The smallest absolute Gasteiger partial charge is 0.139 e. The fraction of sp³-hybridized carbons (Fsp3) is 0.929. The van der Waals surface area contributed by atoms with E-state index in [1.807, 2.05) is 0 Å². The molecule has 0 radical (unpaired) electrons. The van der Waals surface area contributed by atoms with E-state index in [1.165, 1.54) is 12.8 Å². The van der Waals surface area contributed by atoms with Gasteiger partial charge in [0.25, 0.3) is 0 Å². The molecule has 2 saturated heterocycles. The van der Waals surface area contributed by atoms with Crippen molar-refractivity contribution in [2.75, 3.05) is 7.05 Å². The predicted molar refractivity (Wildman–Crippen MR) is 66.4 cm³/mol. The predicted octanol–water partition coefficient (Wildman–Crippen LogP) is 2.86. The van der Waals surface area contributed by atoms with E-state index in [0.29, 0.717) is 29.7 Å². The van der Waals surface area contributed by atoms with Crippen LogP contribution in [0.5, 0.6) is 0 Å². The Morgan fingerprint density at radius 3 is 2.12 bits per heavy atom. The van der Waals surface area contributed by atoms with Crippen LogP contribution >= 0.6 is 0 Å². The third-order valence-corrected chi connectivity index (χ3v) is 4.89. The zero-order valence-corrected chi connectivity index (χ0v) is 10.9. The highest BCUT2D eigenvalue weighted by molar-refractivity contribution is 5.83. The Bertz CT molecular complexity index is 245. The summed E-state index contributed by atoms with van der Waals surface area (Å²) in [4.78, 5) is 14.9. The van der Waals surface area contributed by atoms with Gasteiger partial charge in [-0.3, -0.25) is 4.79 Å². The molecule has 0 spiro atoms. The summed E-state index contributed by atoms with van der Waals surface area (Å²) >= 11 is 0. The first kappa shape index (κ1) is 12.1. The molecule has 2 aliphatic rings. The summed E-state index contributed by atoms with van der Waals surface area (Å²) in [5, 5.41) is 0. The number of carbonyl (C=O) groups excluding carboxylic acids is 1. The third-order valence-electron chi connectivity index (χ3n) is 4.89. The molecule has 0 aromatic rings. The number of ketones is 1. The Morgan fingerprint density at radius 2 is 1.69 bits per heavy atom. The van der Waals surface area contributed by atoms with Gasteiger partial charge in [-0.25, -0.2) is 0 Å². The van der Waals surface area contributed by atoms with Crippen LogP contribution in [-0.2, 0) is 4.79 Å². The van der Waals surface area contributed by atoms with Crippen LogP contribution < -0.4 is 0 Å². The molecule has 2 aliphatic heterocycles. The second kappa shape index (κ2) is 4.87. The molecule has 0 saturated carbocycles. The van der Waals surface area contributed by atoms with E-state index < -0.39 is 0 Å². The average molecular weight is 223 g/mol. The fourth-order valence-corrected chi connectivity index (χ4v) is 3.67. The fourth-order valence-electron chi connectivity index (χ4n) is 3.67. The lowest BCUT2D eigenvalue weighted by molar-refractivity contribution is -0.129. The van der Waals surface area contributed by atoms with Gasteiger partial charge in [-0.1, -0.05) is 13.8 Å². The highest BCUT2D eigenvalue weighted by Gasteiger charge is 2.41. The van der Waals surface area contributed by atoms with E-state index in [2.05, 4.69) is 25.8 Å². The van der Waals surface area contributed by atoms with Crippen molar-refractivity contribution >= 4 is 5.78 Å². The van der Waals surface area contributed by atoms with Gasteiger partial charge in [-0.05, 0) is 45.6 Å². The Balaban J connectivity index is 1.99. The first-order valence-electron chi connectivity index (χ1n) is 6.93. The molecule has 92 valence electrons. The van der Waals surface area contributed by atoms with Crippen LogP contribution in [0.2, 0.25) is 0 Å². The Kier molecular flexibility index (Phi) is 3.68. The number of carbonyl (C=O) groups is 1. The minimum atomic E-state index is 0.327. The molecular formula is C14H25NO. The molecule has 0 aliphatic carbocycles. The quantitative estimate of drug-likeness (QED) is 0.730. The standard InChI is InChI=1S/C14H25NO/c1-4-10(5-2)14(16)11-8-12-6-7-13(9-11)15(12)3/h10-13H,4-9H2,1-3H3. The lowest BCUT2D eigenvalue weighted by Crippen LogP contribution is -2.43. The zero-order chi connectivity index (χ0) is 11.7. The number of fused-ring (bicyclic) bond motifs is 2. The molecule has 0 aromatic heterocycles. The van der Waals surface area contributed by atoms with Gasteiger partial charge in [0.05, 0.1) is 0 Å². The third kappa shape index (κ3) is 2.04. The van der Waals surface area contributed by atoms with Gasteiger partial charge >= 0.3 is 0 Å². The van der Waals surface area contributed by atoms with Crippen LogP contribution in [0.25, 0.3) is 0 Å². The second-order valence-electron chi connectivity index (χ2n) is 5.63. The van der Waals surface area contributed by atoms with Crippen LogP contribution in [0, 0.1) is 11.8 Å². The maximum atomic E-state index is 12.4. The van der Waals surface area contributed by atoms with Gasteiger partial charge < -0.3 is 4.90 Å². The van der Waals surface area contributed by atoms with Gasteiger partial charge in [0.1, 0.15) is 5.78 Å². The normalized spacial score (nSPS) is 34.6. The van der Waals surface area contributed by atoms with Crippen LogP contribution in [0.4, 0.5) is 0 Å². The topological polar surface area (TPSA) is 20.3 Å². The molecule has 2 heterocycles. The van der Waals surface area contributed by atoms with Crippen molar-refractivity contribution in [3.05, 3.63) is 0 Å². The summed E-state index contributed by atoms with van der Waals surface area (Å²) in [6.45, 7) is 4.30. The summed E-state index contributed by atoms with van der Waals surface area (Å²) in [5.74, 6) is 1.27. The molecule has 2 nitrogen and oxygen atoms in total. The zero-order valence-electron chi connectivity index (χ0n) is 10.9. The van der Waals surface area contributed by atoms with Crippen LogP contribution in [0.1, 0.15) is 52.4 Å². The summed E-state index contributed by atoms with van der Waals surface area (Å²) in [6, 6.07) is 1.39. The van der Waals surface area contributed by atoms with E-state index in [4.69, 9.17) is 0 Å². The van der Waals surface area contributed by atoms with Crippen molar-refractivity contribution in [2.24, 2.45) is 11.8 Å². The van der Waals surface area contributed by atoms with E-state index in [0.717, 1.165) is 25.7 Å². The number of nitrogens with zero attached hydrogens (tertiary/aromatic N) is 1. The number of rotatable bonds is 4. The molecule has 2 bridgehead atoms. The van der Waals surface area contributed by atoms with Crippen molar-refractivity contribution < 1.29 is 4.79 Å². The molecule has 2 rings (SSSR count). The number of Topliss-reactive ketones (excluding diaryl/α,β-unsaturated/α-hetero) is 1. The highest BCUT2D eigenvalue weighted by atomic mass is 16.1. The lowest BCUT2D eigenvalue weighted by atomic mass is 9.81. The minimum absolute atomic E-state index is 0.327. The van der Waals surface area contributed by atoms with Crippen LogP contribution in [0.15, 0.2) is 0 Å². The van der Waals surface area contributed by atoms with E-state index in [9.17, 15) is 4.79 Å². The van der Waals surface area contributed by atoms with Gasteiger partial charge in [0, 0.05) is 23.9 Å². The Morgan fingerprint density at radius 1 is 1.19 bits per heavy atom. The van der Waals surface area contributed by atoms with E-state index in [1.54, 1.807) is 0 Å². The Hall–Kier alpha value is -0.370. The van der Waals surface area contributed by atoms with Crippen molar-refractivity contribution in [1.82, 2.24) is 4.90 Å². The molecule has 0 aromatic carbocycles. The maximum absolute atomic E-state index is 12.4. The van der Waals surface area contributed by atoms with Crippen molar-refractivity contribution in [3.8, 4) is 0 Å².